The van der Waals surface area contributed by atoms with Crippen molar-refractivity contribution in [1.82, 2.24) is 0 Å². The second-order valence-electron chi connectivity index (χ2n) is 10.5. The van der Waals surface area contributed by atoms with Gasteiger partial charge in [0.15, 0.2) is 17.4 Å². The highest BCUT2D eigenvalue weighted by molar-refractivity contribution is 6.21. The third-order valence-electron chi connectivity index (χ3n) is 7.75. The summed E-state index contributed by atoms with van der Waals surface area (Å²) in [6.45, 7) is 1.45. The quantitative estimate of drug-likeness (QED) is 0.242. The summed E-state index contributed by atoms with van der Waals surface area (Å²) in [5, 5.41) is 55.9. The number of aromatic hydroxyl groups is 1. The summed E-state index contributed by atoms with van der Waals surface area (Å²) in [7, 11) is 4.96. The predicted octanol–water partition coefficient (Wildman–Crippen LogP) is -0.905. The number of aliphatic hydroxyl groups excluding tert-OH is 2. The van der Waals surface area contributed by atoms with Gasteiger partial charge in [0.25, 0.3) is 5.91 Å². The molecular weight excluding hydrogens is 432 g/mol. The standard InChI is InChI=1S/C23H28N2O8/c1-22(32)9-6-5-7-12(26)13(9)17(27)14-10(22)8-11-16(25(2,3)4)18(28)15(21(24)31)20(30)23(11,33)19(14)29/h5-7,10-11,14,16,19,29,32-33H,8H2,1-4H3,(H3-,24,26,27,28,30,31)/p+1/t10?,11?,14?,16-,19?,22+,23-/m0/s1. The van der Waals surface area contributed by atoms with E-state index in [9.17, 15) is 39.9 Å². The fourth-order valence-electron chi connectivity index (χ4n) is 6.27. The molecule has 10 nitrogen and oxygen atoms in total. The fraction of sp³-hybridized carbons (Fsp3) is 0.522. The van der Waals surface area contributed by atoms with Gasteiger partial charge in [-0.3, -0.25) is 14.4 Å². The second-order valence-corrected chi connectivity index (χ2v) is 10.5. The van der Waals surface area contributed by atoms with E-state index >= 15 is 0 Å². The van der Waals surface area contributed by atoms with Crippen LogP contribution in [0.5, 0.6) is 5.75 Å². The average molecular weight is 461 g/mol. The number of hydrogen-bond donors (Lipinski definition) is 6. The van der Waals surface area contributed by atoms with Crippen LogP contribution < -0.4 is 5.73 Å². The molecule has 0 aromatic heterocycles. The van der Waals surface area contributed by atoms with Crippen LogP contribution >= 0.6 is 0 Å². The molecule has 4 unspecified atom stereocenters. The van der Waals surface area contributed by atoms with E-state index in [0.717, 1.165) is 0 Å². The van der Waals surface area contributed by atoms with Gasteiger partial charge >= 0.3 is 0 Å². The van der Waals surface area contributed by atoms with Crippen LogP contribution in [0.15, 0.2) is 29.5 Å². The van der Waals surface area contributed by atoms with E-state index in [0.29, 0.717) is 0 Å². The van der Waals surface area contributed by atoms with Crippen molar-refractivity contribution in [1.29, 1.82) is 0 Å². The van der Waals surface area contributed by atoms with Gasteiger partial charge in [0.2, 0.25) is 5.78 Å². The molecule has 1 aromatic carbocycles. The average Bonchev–Trinajstić information content (AvgIpc) is 2.67. The van der Waals surface area contributed by atoms with Gasteiger partial charge in [0.1, 0.15) is 23.2 Å². The van der Waals surface area contributed by atoms with Crippen LogP contribution in [0.25, 0.3) is 0 Å². The molecule has 0 spiro atoms. The number of rotatable bonds is 2. The van der Waals surface area contributed by atoms with E-state index in [1.54, 1.807) is 21.1 Å². The second kappa shape index (κ2) is 6.86. The lowest BCUT2D eigenvalue weighted by Gasteiger charge is -2.58. The molecule has 10 heteroatoms. The largest absolute Gasteiger partial charge is 0.508 e. The molecule has 0 heterocycles. The summed E-state index contributed by atoms with van der Waals surface area (Å²) in [6.07, 6.45) is -2.13. The Balaban J connectivity index is 2.00. The van der Waals surface area contributed by atoms with Gasteiger partial charge in [0, 0.05) is 5.92 Å². The van der Waals surface area contributed by atoms with Crippen molar-refractivity contribution in [2.24, 2.45) is 23.5 Å². The zero-order valence-corrected chi connectivity index (χ0v) is 18.8. The van der Waals surface area contributed by atoms with Crippen LogP contribution in [-0.4, -0.2) is 86.4 Å². The topological polar surface area (TPSA) is 178 Å². The van der Waals surface area contributed by atoms with E-state index in [2.05, 4.69) is 0 Å². The van der Waals surface area contributed by atoms with Crippen molar-refractivity contribution in [3.8, 4) is 5.75 Å². The Kier molecular flexibility index (Phi) is 4.86. The minimum Gasteiger partial charge on any atom is -0.508 e. The van der Waals surface area contributed by atoms with E-state index in [1.807, 2.05) is 0 Å². The van der Waals surface area contributed by atoms with Crippen molar-refractivity contribution < 1.29 is 44.4 Å². The molecule has 0 radical (unpaired) electrons. The molecule has 3 aliphatic carbocycles. The van der Waals surface area contributed by atoms with Gasteiger partial charge in [-0.05, 0) is 25.0 Å². The lowest BCUT2D eigenvalue weighted by molar-refractivity contribution is -0.891. The number of Topliss-reactive ketones (excluding diaryl/α,β-unsaturated/α-hetero) is 2. The highest BCUT2D eigenvalue weighted by atomic mass is 16.4. The number of hydrogen-bond acceptors (Lipinski definition) is 8. The molecule has 3 aliphatic rings. The molecule has 7 N–H and O–H groups in total. The molecule has 1 aromatic rings. The summed E-state index contributed by atoms with van der Waals surface area (Å²) in [5.41, 5.74) is 0.259. The number of ketones is 2. The summed E-state index contributed by atoms with van der Waals surface area (Å²) in [6, 6.07) is 3.15. The number of phenolic OH excluding ortho intramolecular Hbond substituents is 1. The number of carbonyl (C=O) groups is 3. The first-order valence-corrected chi connectivity index (χ1v) is 10.7. The van der Waals surface area contributed by atoms with E-state index in [1.165, 1.54) is 25.1 Å². The molecule has 178 valence electrons. The minimum atomic E-state index is -2.55. The van der Waals surface area contributed by atoms with Crippen LogP contribution in [0.1, 0.15) is 29.3 Å². The number of benzene rings is 1. The highest BCUT2D eigenvalue weighted by Gasteiger charge is 2.70. The number of nitrogens with two attached hydrogens (primary N) is 1. The molecule has 4 rings (SSSR count). The Labute approximate surface area is 190 Å². The smallest absolute Gasteiger partial charge is 0.256 e. The molecule has 0 bridgehead atoms. The lowest BCUT2D eigenvalue weighted by atomic mass is 9.50. The van der Waals surface area contributed by atoms with Gasteiger partial charge in [-0.1, -0.05) is 12.1 Å². The van der Waals surface area contributed by atoms with E-state index in [4.69, 9.17) is 5.73 Å². The summed E-state index contributed by atoms with van der Waals surface area (Å²) < 4.78 is -0.0760. The van der Waals surface area contributed by atoms with Crippen LogP contribution in [0.3, 0.4) is 0 Å². The van der Waals surface area contributed by atoms with Gasteiger partial charge < -0.3 is 35.7 Å². The van der Waals surface area contributed by atoms with E-state index < -0.39 is 75.7 Å². The third kappa shape index (κ3) is 2.84. The van der Waals surface area contributed by atoms with Crippen molar-refractivity contribution in [2.45, 2.75) is 36.7 Å². The number of aliphatic hydroxyl groups is 4. The van der Waals surface area contributed by atoms with Crippen LogP contribution in [-0.2, 0) is 15.2 Å². The molecule has 0 aliphatic heterocycles. The Hall–Kier alpha value is -2.79. The number of carbonyl (C=O) groups excluding carboxylic acids is 3. The Morgan fingerprint density at radius 3 is 2.24 bits per heavy atom. The Bertz CT molecular complexity index is 1120. The van der Waals surface area contributed by atoms with Crippen molar-refractivity contribution in [3.63, 3.8) is 0 Å². The SMILES string of the molecule is C[C@@]1(O)c2cccc(O)c2C(=O)C2C(O)[C@]3(O)C(O)=C(C(N)=O)C(=O)[C@@H]([N+](C)(C)C)C3CC21. The monoisotopic (exact) mass is 461 g/mol. The molecule has 7 atom stereocenters. The molecule has 33 heavy (non-hydrogen) atoms. The summed E-state index contributed by atoms with van der Waals surface area (Å²) in [4.78, 5) is 38.8. The van der Waals surface area contributed by atoms with Crippen LogP contribution in [0, 0.1) is 17.8 Å². The maximum atomic E-state index is 13.4. The van der Waals surface area contributed by atoms with Gasteiger partial charge in [-0.15, -0.1) is 0 Å². The molecular formula is C23H29N2O8+. The fourth-order valence-corrected chi connectivity index (χ4v) is 6.27. The maximum absolute atomic E-state index is 13.4. The van der Waals surface area contributed by atoms with Crippen molar-refractivity contribution >= 4 is 17.5 Å². The number of quaternary nitrogens is 1. The van der Waals surface area contributed by atoms with Gasteiger partial charge in [-0.2, -0.15) is 0 Å². The number of amides is 1. The van der Waals surface area contributed by atoms with Gasteiger partial charge in [-0.25, -0.2) is 0 Å². The number of nitrogens with zero attached hydrogens (tertiary/aromatic N) is 1. The molecule has 1 fully saturated rings. The summed E-state index contributed by atoms with van der Waals surface area (Å²) in [5.74, 6) is -7.76. The van der Waals surface area contributed by atoms with E-state index in [-0.39, 0.29) is 22.0 Å². The Morgan fingerprint density at radius 2 is 1.70 bits per heavy atom. The highest BCUT2D eigenvalue weighted by Crippen LogP contribution is 2.58. The van der Waals surface area contributed by atoms with Crippen LogP contribution in [0.2, 0.25) is 0 Å². The number of primary amides is 1. The first kappa shape index (κ1) is 23.4. The minimum absolute atomic E-state index is 0.0760. The molecule has 0 saturated heterocycles. The zero-order chi connectivity index (χ0) is 24.8. The van der Waals surface area contributed by atoms with Crippen molar-refractivity contribution in [3.05, 3.63) is 40.7 Å². The lowest BCUT2D eigenvalue weighted by Crippen LogP contribution is -2.73. The van der Waals surface area contributed by atoms with Gasteiger partial charge in [0.05, 0.1) is 44.1 Å². The normalized spacial score (nSPS) is 38.5. The third-order valence-corrected chi connectivity index (χ3v) is 7.75. The number of phenols is 1. The van der Waals surface area contributed by atoms with Crippen molar-refractivity contribution in [2.75, 3.05) is 21.1 Å². The molecule has 1 saturated carbocycles. The maximum Gasteiger partial charge on any atom is 0.256 e. The number of fused-ring (bicyclic) bond motifs is 3. The first-order chi connectivity index (χ1) is 15.1. The number of likely N-dealkylation sites (N-methyl/N-ethyl adjacent to an activating group) is 1. The van der Waals surface area contributed by atoms with Crippen LogP contribution in [0.4, 0.5) is 0 Å². The Morgan fingerprint density at radius 1 is 1.09 bits per heavy atom. The predicted molar refractivity (Wildman–Crippen MR) is 114 cm³/mol. The zero-order valence-electron chi connectivity index (χ0n) is 18.8. The summed E-state index contributed by atoms with van der Waals surface area (Å²) >= 11 is 0. The molecule has 1 amide bonds. The first-order valence-electron chi connectivity index (χ1n) is 10.7.